The number of fused-ring (bicyclic) bond motifs is 3. The first-order valence-corrected chi connectivity index (χ1v) is 10.7. The van der Waals surface area contributed by atoms with Gasteiger partial charge in [-0.1, -0.05) is 68.8 Å². The molecule has 2 N–H and O–H groups in total. The first-order chi connectivity index (χ1) is 15.5. The standard InChI is InChI=1S/C26H26N2O4/c1-3-17(2)24(28-26(30)31-16-18-9-5-4-6-10-18)25(29)27-19-13-14-21-20-11-7-8-12-22(20)32-23(21)15-19/h4-15,17,24H,3,16H2,1-2H3,(H,27,29)(H,28,30)/t17-,24+/m0/s1. The molecule has 4 rings (SSSR count). The van der Waals surface area contributed by atoms with E-state index in [0.717, 1.165) is 28.3 Å². The molecule has 2 atom stereocenters. The largest absolute Gasteiger partial charge is 0.456 e. The molecule has 2 amide bonds. The third kappa shape index (κ3) is 4.75. The molecular formula is C26H26N2O4. The number of carbonyl (C=O) groups excluding carboxylic acids is 2. The summed E-state index contributed by atoms with van der Waals surface area (Å²) in [6.45, 7) is 4.04. The average Bonchev–Trinajstić information content (AvgIpc) is 3.19. The van der Waals surface area contributed by atoms with Crippen molar-refractivity contribution in [1.29, 1.82) is 0 Å². The number of benzene rings is 3. The van der Waals surface area contributed by atoms with Crippen LogP contribution in [0.5, 0.6) is 0 Å². The second kappa shape index (κ2) is 9.56. The van der Waals surface area contributed by atoms with E-state index in [2.05, 4.69) is 10.6 Å². The van der Waals surface area contributed by atoms with E-state index in [9.17, 15) is 9.59 Å². The smallest absolute Gasteiger partial charge is 0.408 e. The van der Waals surface area contributed by atoms with Crippen LogP contribution in [0.15, 0.2) is 77.2 Å². The monoisotopic (exact) mass is 430 g/mol. The molecule has 6 heteroatoms. The number of nitrogens with one attached hydrogen (secondary N) is 2. The lowest BCUT2D eigenvalue weighted by Gasteiger charge is -2.23. The lowest BCUT2D eigenvalue weighted by Crippen LogP contribution is -2.47. The summed E-state index contributed by atoms with van der Waals surface area (Å²) >= 11 is 0. The zero-order valence-corrected chi connectivity index (χ0v) is 18.1. The highest BCUT2D eigenvalue weighted by molar-refractivity contribution is 6.06. The molecule has 0 aliphatic heterocycles. The van der Waals surface area contributed by atoms with Crippen LogP contribution in [0.4, 0.5) is 10.5 Å². The van der Waals surface area contributed by atoms with Crippen molar-refractivity contribution in [2.45, 2.75) is 32.9 Å². The molecule has 0 bridgehead atoms. The summed E-state index contributed by atoms with van der Waals surface area (Å²) in [5.74, 6) is -0.374. The van der Waals surface area contributed by atoms with Crippen LogP contribution in [0.1, 0.15) is 25.8 Å². The minimum absolute atomic E-state index is 0.0748. The van der Waals surface area contributed by atoms with Gasteiger partial charge in [-0.2, -0.15) is 0 Å². The zero-order chi connectivity index (χ0) is 22.5. The van der Waals surface area contributed by atoms with Gasteiger partial charge >= 0.3 is 6.09 Å². The highest BCUT2D eigenvalue weighted by Gasteiger charge is 2.27. The number of amides is 2. The molecule has 32 heavy (non-hydrogen) atoms. The summed E-state index contributed by atoms with van der Waals surface area (Å²) in [4.78, 5) is 25.4. The summed E-state index contributed by atoms with van der Waals surface area (Å²) in [6.07, 6.45) is 0.0988. The SMILES string of the molecule is CC[C@H](C)[C@@H](NC(=O)OCc1ccccc1)C(=O)Nc1ccc2c(c1)oc1ccccc12. The minimum Gasteiger partial charge on any atom is -0.456 e. The molecule has 3 aromatic carbocycles. The number of hydrogen-bond donors (Lipinski definition) is 2. The van der Waals surface area contributed by atoms with Gasteiger partial charge in [0.1, 0.15) is 23.8 Å². The van der Waals surface area contributed by atoms with Crippen molar-refractivity contribution in [3.8, 4) is 0 Å². The number of rotatable bonds is 7. The van der Waals surface area contributed by atoms with Crippen LogP contribution in [0, 0.1) is 5.92 Å². The maximum absolute atomic E-state index is 13.0. The Morgan fingerprint density at radius 3 is 2.44 bits per heavy atom. The molecule has 0 fully saturated rings. The van der Waals surface area contributed by atoms with E-state index in [-0.39, 0.29) is 18.4 Å². The third-order valence-electron chi connectivity index (χ3n) is 5.63. The fourth-order valence-electron chi connectivity index (χ4n) is 3.62. The average molecular weight is 431 g/mol. The maximum Gasteiger partial charge on any atom is 0.408 e. The van der Waals surface area contributed by atoms with Gasteiger partial charge in [0.2, 0.25) is 5.91 Å². The highest BCUT2D eigenvalue weighted by atomic mass is 16.5. The van der Waals surface area contributed by atoms with Crippen LogP contribution in [-0.4, -0.2) is 18.0 Å². The molecule has 0 spiro atoms. The van der Waals surface area contributed by atoms with Crippen molar-refractivity contribution in [2.75, 3.05) is 5.32 Å². The Morgan fingerprint density at radius 2 is 1.66 bits per heavy atom. The highest BCUT2D eigenvalue weighted by Crippen LogP contribution is 2.30. The number of para-hydroxylation sites is 1. The molecule has 0 aliphatic carbocycles. The Labute approximate surface area is 186 Å². The normalized spacial score (nSPS) is 12.9. The first-order valence-electron chi connectivity index (χ1n) is 10.7. The molecule has 164 valence electrons. The van der Waals surface area contributed by atoms with Crippen molar-refractivity contribution in [3.05, 3.63) is 78.4 Å². The van der Waals surface area contributed by atoms with Gasteiger partial charge in [-0.3, -0.25) is 4.79 Å². The van der Waals surface area contributed by atoms with Gasteiger partial charge in [0.05, 0.1) is 0 Å². The lowest BCUT2D eigenvalue weighted by atomic mass is 9.98. The van der Waals surface area contributed by atoms with Gasteiger partial charge in [0, 0.05) is 22.5 Å². The predicted molar refractivity (Wildman–Crippen MR) is 125 cm³/mol. The van der Waals surface area contributed by atoms with E-state index in [0.29, 0.717) is 11.3 Å². The molecule has 4 aromatic rings. The Bertz CT molecular complexity index is 1230. The topological polar surface area (TPSA) is 80.6 Å². The quantitative estimate of drug-likeness (QED) is 0.384. The Balaban J connectivity index is 1.45. The van der Waals surface area contributed by atoms with Crippen LogP contribution in [0.3, 0.4) is 0 Å². The summed E-state index contributed by atoms with van der Waals surface area (Å²) in [6, 6.07) is 22.1. The summed E-state index contributed by atoms with van der Waals surface area (Å²) in [7, 11) is 0. The van der Waals surface area contributed by atoms with E-state index < -0.39 is 12.1 Å². The van der Waals surface area contributed by atoms with E-state index in [1.807, 2.05) is 80.6 Å². The van der Waals surface area contributed by atoms with E-state index in [1.54, 1.807) is 6.07 Å². The van der Waals surface area contributed by atoms with Crippen LogP contribution in [-0.2, 0) is 16.1 Å². The lowest BCUT2D eigenvalue weighted by molar-refractivity contribution is -0.119. The molecular weight excluding hydrogens is 404 g/mol. The summed E-state index contributed by atoms with van der Waals surface area (Å²) < 4.78 is 11.2. The van der Waals surface area contributed by atoms with Crippen LogP contribution in [0.2, 0.25) is 0 Å². The fourth-order valence-corrected chi connectivity index (χ4v) is 3.62. The number of alkyl carbamates (subject to hydrolysis) is 1. The Kier molecular flexibility index (Phi) is 6.40. The van der Waals surface area contributed by atoms with E-state index >= 15 is 0 Å². The van der Waals surface area contributed by atoms with E-state index in [4.69, 9.17) is 9.15 Å². The van der Waals surface area contributed by atoms with Crippen LogP contribution < -0.4 is 10.6 Å². The molecule has 0 aliphatic rings. The third-order valence-corrected chi connectivity index (χ3v) is 5.63. The van der Waals surface area contributed by atoms with Crippen molar-refractivity contribution >= 4 is 39.6 Å². The summed E-state index contributed by atoms with van der Waals surface area (Å²) in [5.41, 5.74) is 2.98. The molecule has 6 nitrogen and oxygen atoms in total. The van der Waals surface area contributed by atoms with Crippen LogP contribution >= 0.6 is 0 Å². The van der Waals surface area contributed by atoms with Gasteiger partial charge in [0.25, 0.3) is 0 Å². The van der Waals surface area contributed by atoms with Crippen molar-refractivity contribution in [1.82, 2.24) is 5.32 Å². The minimum atomic E-state index is -0.727. The molecule has 0 radical (unpaired) electrons. The van der Waals surface area contributed by atoms with Crippen molar-refractivity contribution in [3.63, 3.8) is 0 Å². The number of anilines is 1. The van der Waals surface area contributed by atoms with Crippen molar-refractivity contribution in [2.24, 2.45) is 5.92 Å². The van der Waals surface area contributed by atoms with Gasteiger partial charge in [-0.05, 0) is 29.7 Å². The molecule has 0 saturated heterocycles. The van der Waals surface area contributed by atoms with Gasteiger partial charge in [-0.15, -0.1) is 0 Å². The van der Waals surface area contributed by atoms with E-state index in [1.165, 1.54) is 0 Å². The van der Waals surface area contributed by atoms with Gasteiger partial charge in [0.15, 0.2) is 0 Å². The molecule has 1 heterocycles. The van der Waals surface area contributed by atoms with Gasteiger partial charge < -0.3 is 19.8 Å². The van der Waals surface area contributed by atoms with Crippen molar-refractivity contribution < 1.29 is 18.7 Å². The maximum atomic E-state index is 13.0. The molecule has 0 unspecified atom stereocenters. The van der Waals surface area contributed by atoms with Gasteiger partial charge in [-0.25, -0.2) is 4.79 Å². The number of furan rings is 1. The summed E-state index contributed by atoms with van der Waals surface area (Å²) in [5, 5.41) is 7.64. The molecule has 0 saturated carbocycles. The Morgan fingerprint density at radius 1 is 0.938 bits per heavy atom. The number of carbonyl (C=O) groups is 2. The zero-order valence-electron chi connectivity index (χ0n) is 18.1. The second-order valence-electron chi connectivity index (χ2n) is 7.87. The number of ether oxygens (including phenoxy) is 1. The number of hydrogen-bond acceptors (Lipinski definition) is 4. The Hall–Kier alpha value is -3.80. The van der Waals surface area contributed by atoms with Crippen LogP contribution in [0.25, 0.3) is 21.9 Å². The second-order valence-corrected chi connectivity index (χ2v) is 7.87. The predicted octanol–water partition coefficient (Wildman–Crippen LogP) is 5.87. The molecule has 1 aromatic heterocycles. The first kappa shape index (κ1) is 21.4. The fraction of sp³-hybridized carbons (Fsp3) is 0.231.